The van der Waals surface area contributed by atoms with Gasteiger partial charge in [0.1, 0.15) is 11.9 Å². The highest BCUT2D eigenvalue weighted by atomic mass is 35.5. The van der Waals surface area contributed by atoms with Crippen molar-refractivity contribution in [3.05, 3.63) is 81.6 Å². The molecule has 35 heavy (non-hydrogen) atoms. The fourth-order valence-electron chi connectivity index (χ4n) is 3.22. The van der Waals surface area contributed by atoms with Crippen molar-refractivity contribution in [2.45, 2.75) is 11.0 Å². The lowest BCUT2D eigenvalue weighted by Gasteiger charge is -2.19. The van der Waals surface area contributed by atoms with Crippen LogP contribution in [0.1, 0.15) is 17.2 Å². The minimum atomic E-state index is -4.08. The lowest BCUT2D eigenvalue weighted by atomic mass is 9.99. The number of hydrogen-bond acceptors (Lipinski definition) is 6. The third-order valence-electron chi connectivity index (χ3n) is 4.94. The van der Waals surface area contributed by atoms with Crippen LogP contribution in [-0.4, -0.2) is 40.2 Å². The highest BCUT2D eigenvalue weighted by Gasteiger charge is 2.23. The molecule has 1 amide bonds. The fourth-order valence-corrected chi connectivity index (χ4v) is 4.67. The van der Waals surface area contributed by atoms with Crippen LogP contribution in [-0.2, 0) is 14.8 Å². The fraction of sp³-hybridized carbons (Fsp3) is 0.174. The molecule has 186 valence electrons. The molecule has 0 heterocycles. The van der Waals surface area contributed by atoms with Gasteiger partial charge in [0.05, 0.1) is 25.7 Å². The van der Waals surface area contributed by atoms with Gasteiger partial charge < -0.3 is 19.9 Å². The maximum atomic E-state index is 14.3. The highest BCUT2D eigenvalue weighted by Crippen LogP contribution is 2.35. The van der Waals surface area contributed by atoms with E-state index in [1.165, 1.54) is 62.8 Å². The van der Waals surface area contributed by atoms with Gasteiger partial charge in [-0.05, 0) is 42.5 Å². The first-order valence-electron chi connectivity index (χ1n) is 10.0. The Morgan fingerprint density at radius 1 is 1.06 bits per heavy atom. The van der Waals surface area contributed by atoms with Crippen molar-refractivity contribution in [3.63, 3.8) is 0 Å². The number of aliphatic hydroxyl groups excluding tert-OH is 1. The first-order chi connectivity index (χ1) is 16.6. The van der Waals surface area contributed by atoms with Crippen LogP contribution in [0.2, 0.25) is 10.0 Å². The quantitative estimate of drug-likeness (QED) is 0.374. The van der Waals surface area contributed by atoms with Crippen molar-refractivity contribution in [1.82, 2.24) is 4.72 Å². The van der Waals surface area contributed by atoms with E-state index >= 15 is 0 Å². The monoisotopic (exact) mass is 542 g/mol. The van der Waals surface area contributed by atoms with Crippen molar-refractivity contribution in [2.24, 2.45) is 0 Å². The van der Waals surface area contributed by atoms with Crippen molar-refractivity contribution in [2.75, 3.05) is 26.1 Å². The van der Waals surface area contributed by atoms with Gasteiger partial charge in [0.15, 0.2) is 11.5 Å². The standard InChI is InChI=1S/C23H21Cl2FN2O6S/c1-33-19-9-7-14(11-20(19)34-2)35(31,32)27-12-21(29)28-18-8-6-13(24)10-15(18)23(30)22-16(25)4-3-5-17(22)26/h3-11,23,27,30H,12H2,1-2H3,(H,28,29). The SMILES string of the molecule is COc1ccc(S(=O)(=O)NCC(=O)Nc2ccc(Cl)cc2C(O)c2c(F)cccc2Cl)cc1OC. The van der Waals surface area contributed by atoms with Crippen LogP contribution >= 0.6 is 23.2 Å². The summed E-state index contributed by atoms with van der Waals surface area (Å²) in [5, 5.41) is 13.5. The molecular weight excluding hydrogens is 522 g/mol. The molecule has 0 fully saturated rings. The molecule has 0 aliphatic carbocycles. The van der Waals surface area contributed by atoms with Crippen molar-refractivity contribution in [3.8, 4) is 11.5 Å². The van der Waals surface area contributed by atoms with Crippen LogP contribution in [0.3, 0.4) is 0 Å². The van der Waals surface area contributed by atoms with Crippen LogP contribution in [0, 0.1) is 5.82 Å². The van der Waals surface area contributed by atoms with E-state index in [1.54, 1.807) is 0 Å². The van der Waals surface area contributed by atoms with E-state index in [0.29, 0.717) is 5.75 Å². The van der Waals surface area contributed by atoms with Crippen LogP contribution in [0.15, 0.2) is 59.5 Å². The summed E-state index contributed by atoms with van der Waals surface area (Å²) >= 11 is 12.1. The lowest BCUT2D eigenvalue weighted by Crippen LogP contribution is -2.33. The van der Waals surface area contributed by atoms with Crippen LogP contribution in [0.25, 0.3) is 0 Å². The van der Waals surface area contributed by atoms with E-state index in [2.05, 4.69) is 10.0 Å². The number of carbonyl (C=O) groups is 1. The topological polar surface area (TPSA) is 114 Å². The molecule has 0 aromatic heterocycles. The average molecular weight is 543 g/mol. The number of ether oxygens (including phenoxy) is 2. The molecule has 1 unspecified atom stereocenters. The Hall–Kier alpha value is -2.89. The molecule has 0 radical (unpaired) electrons. The van der Waals surface area contributed by atoms with Gasteiger partial charge in [0, 0.05) is 32.9 Å². The van der Waals surface area contributed by atoms with E-state index in [4.69, 9.17) is 32.7 Å². The summed E-state index contributed by atoms with van der Waals surface area (Å²) in [6.45, 7) is -0.630. The summed E-state index contributed by atoms with van der Waals surface area (Å²) in [4.78, 5) is 12.4. The number of methoxy groups -OCH3 is 2. The zero-order valence-electron chi connectivity index (χ0n) is 18.5. The molecule has 3 N–H and O–H groups in total. The van der Waals surface area contributed by atoms with Crippen LogP contribution in [0.4, 0.5) is 10.1 Å². The first-order valence-corrected chi connectivity index (χ1v) is 12.2. The van der Waals surface area contributed by atoms with E-state index in [0.717, 1.165) is 6.07 Å². The maximum Gasteiger partial charge on any atom is 0.241 e. The Morgan fingerprint density at radius 3 is 2.43 bits per heavy atom. The third kappa shape index (κ3) is 6.22. The second kappa shape index (κ2) is 11.2. The van der Waals surface area contributed by atoms with Gasteiger partial charge in [-0.2, -0.15) is 0 Å². The minimum absolute atomic E-state index is 0.0163. The Bertz CT molecular complexity index is 1330. The summed E-state index contributed by atoms with van der Waals surface area (Å²) in [6.07, 6.45) is -1.55. The van der Waals surface area contributed by atoms with Gasteiger partial charge >= 0.3 is 0 Å². The van der Waals surface area contributed by atoms with E-state index < -0.39 is 34.4 Å². The molecule has 3 rings (SSSR count). The van der Waals surface area contributed by atoms with Crippen molar-refractivity contribution < 1.29 is 32.2 Å². The number of anilines is 1. The van der Waals surface area contributed by atoms with Gasteiger partial charge in [-0.25, -0.2) is 17.5 Å². The van der Waals surface area contributed by atoms with Gasteiger partial charge in [0.25, 0.3) is 0 Å². The Kier molecular flexibility index (Phi) is 8.57. The number of amides is 1. The summed E-state index contributed by atoms with van der Waals surface area (Å²) in [5.74, 6) is -0.950. The minimum Gasteiger partial charge on any atom is -0.493 e. The maximum absolute atomic E-state index is 14.3. The largest absolute Gasteiger partial charge is 0.493 e. The first kappa shape index (κ1) is 26.7. The second-order valence-electron chi connectivity index (χ2n) is 7.16. The molecule has 0 spiro atoms. The molecule has 0 saturated carbocycles. The summed E-state index contributed by atoms with van der Waals surface area (Å²) < 4.78 is 52.0. The molecule has 0 aliphatic heterocycles. The zero-order chi connectivity index (χ0) is 25.8. The van der Waals surface area contributed by atoms with Crippen LogP contribution < -0.4 is 19.5 Å². The summed E-state index contributed by atoms with van der Waals surface area (Å²) in [5.41, 5.74) is -0.0294. The zero-order valence-corrected chi connectivity index (χ0v) is 20.8. The number of carbonyl (C=O) groups excluding carboxylic acids is 1. The number of aliphatic hydroxyl groups is 1. The number of rotatable bonds is 9. The summed E-state index contributed by atoms with van der Waals surface area (Å²) in [7, 11) is -1.30. The van der Waals surface area contributed by atoms with Crippen molar-refractivity contribution in [1.29, 1.82) is 0 Å². The van der Waals surface area contributed by atoms with Gasteiger partial charge in [0.2, 0.25) is 15.9 Å². The molecule has 0 aliphatic rings. The predicted molar refractivity (Wildman–Crippen MR) is 130 cm³/mol. The molecule has 1 atom stereocenters. The highest BCUT2D eigenvalue weighted by molar-refractivity contribution is 7.89. The third-order valence-corrected chi connectivity index (χ3v) is 6.91. The molecule has 3 aromatic rings. The number of sulfonamides is 1. The molecule has 3 aromatic carbocycles. The molecular formula is C23H21Cl2FN2O6S. The number of nitrogens with one attached hydrogen (secondary N) is 2. The van der Waals surface area contributed by atoms with Crippen molar-refractivity contribution >= 4 is 44.8 Å². The lowest BCUT2D eigenvalue weighted by molar-refractivity contribution is -0.115. The molecule has 12 heteroatoms. The predicted octanol–water partition coefficient (Wildman–Crippen LogP) is 4.15. The number of benzene rings is 3. The molecule has 0 saturated heterocycles. The summed E-state index contributed by atoms with van der Waals surface area (Å²) in [6, 6.07) is 12.1. The second-order valence-corrected chi connectivity index (χ2v) is 9.77. The molecule has 8 nitrogen and oxygen atoms in total. The molecule has 0 bridgehead atoms. The number of hydrogen-bond donors (Lipinski definition) is 3. The van der Waals surface area contributed by atoms with E-state index in [1.807, 2.05) is 0 Å². The Labute approximate surface area is 211 Å². The normalized spacial score (nSPS) is 12.2. The smallest absolute Gasteiger partial charge is 0.241 e. The van der Waals surface area contributed by atoms with E-state index in [9.17, 15) is 22.7 Å². The average Bonchev–Trinajstić information content (AvgIpc) is 2.83. The van der Waals surface area contributed by atoms with Gasteiger partial charge in [-0.15, -0.1) is 0 Å². The van der Waals surface area contributed by atoms with Gasteiger partial charge in [-0.1, -0.05) is 29.3 Å². The Morgan fingerprint density at radius 2 is 1.77 bits per heavy atom. The number of halogens is 3. The van der Waals surface area contributed by atoms with Gasteiger partial charge in [-0.3, -0.25) is 4.79 Å². The van der Waals surface area contributed by atoms with Crippen LogP contribution in [0.5, 0.6) is 11.5 Å². The Balaban J connectivity index is 1.79. The van der Waals surface area contributed by atoms with E-state index in [-0.39, 0.29) is 37.5 Å².